The zero-order valence-corrected chi connectivity index (χ0v) is 8.77. The number of rotatable bonds is 3. The van der Waals surface area contributed by atoms with Crippen molar-refractivity contribution in [3.8, 4) is 11.8 Å². The Balaban J connectivity index is 2.63. The Kier molecular flexibility index (Phi) is 4.22. The fourth-order valence-corrected chi connectivity index (χ4v) is 1.31. The standard InChI is InChI=1S/C12H11ClO/c1-2-3-7-11(14)9-10-6-4-5-8-12(10)13/h4-6,8H,7,9H2,1H3. The summed E-state index contributed by atoms with van der Waals surface area (Å²) in [5.74, 6) is 5.54. The van der Waals surface area contributed by atoms with Gasteiger partial charge in [0.15, 0.2) is 0 Å². The second-order valence-corrected chi connectivity index (χ2v) is 3.32. The van der Waals surface area contributed by atoms with E-state index in [1.54, 1.807) is 13.0 Å². The number of carbonyl (C=O) groups excluding carboxylic acids is 1. The van der Waals surface area contributed by atoms with Crippen LogP contribution in [0.15, 0.2) is 24.3 Å². The van der Waals surface area contributed by atoms with Gasteiger partial charge in [0.25, 0.3) is 0 Å². The molecule has 0 heterocycles. The number of Topliss-reactive ketones (excluding diaryl/α,β-unsaturated/α-hetero) is 1. The fraction of sp³-hybridized carbons (Fsp3) is 0.250. The summed E-state index contributed by atoms with van der Waals surface area (Å²) in [6, 6.07) is 7.37. The van der Waals surface area contributed by atoms with E-state index in [0.29, 0.717) is 17.9 Å². The molecule has 0 bridgehead atoms. The van der Waals surface area contributed by atoms with E-state index in [0.717, 1.165) is 5.56 Å². The highest BCUT2D eigenvalue weighted by atomic mass is 35.5. The van der Waals surface area contributed by atoms with Gasteiger partial charge in [-0.1, -0.05) is 35.7 Å². The normalized spacial score (nSPS) is 9.00. The molecule has 0 spiro atoms. The van der Waals surface area contributed by atoms with Crippen LogP contribution in [-0.4, -0.2) is 5.78 Å². The average Bonchev–Trinajstić information content (AvgIpc) is 2.18. The lowest BCUT2D eigenvalue weighted by atomic mass is 10.1. The topological polar surface area (TPSA) is 17.1 Å². The van der Waals surface area contributed by atoms with Crippen LogP contribution in [0.3, 0.4) is 0 Å². The molecule has 0 amide bonds. The lowest BCUT2D eigenvalue weighted by Gasteiger charge is -2.00. The van der Waals surface area contributed by atoms with E-state index < -0.39 is 0 Å². The molecule has 1 aromatic rings. The van der Waals surface area contributed by atoms with Gasteiger partial charge in [-0.25, -0.2) is 0 Å². The average molecular weight is 207 g/mol. The summed E-state index contributed by atoms with van der Waals surface area (Å²) in [5, 5.41) is 0.644. The smallest absolute Gasteiger partial charge is 0.149 e. The van der Waals surface area contributed by atoms with Gasteiger partial charge in [-0.2, -0.15) is 0 Å². The molecule has 0 unspecified atom stereocenters. The lowest BCUT2D eigenvalue weighted by molar-refractivity contribution is -0.117. The highest BCUT2D eigenvalue weighted by molar-refractivity contribution is 6.31. The second kappa shape index (κ2) is 5.47. The zero-order valence-electron chi connectivity index (χ0n) is 8.01. The van der Waals surface area contributed by atoms with E-state index in [9.17, 15) is 4.79 Å². The summed E-state index contributed by atoms with van der Waals surface area (Å²) in [4.78, 5) is 11.4. The van der Waals surface area contributed by atoms with Gasteiger partial charge >= 0.3 is 0 Å². The van der Waals surface area contributed by atoms with Gasteiger partial charge in [0.2, 0.25) is 0 Å². The first-order chi connectivity index (χ1) is 6.74. The maximum absolute atomic E-state index is 11.4. The third-order valence-electron chi connectivity index (χ3n) is 1.81. The monoisotopic (exact) mass is 206 g/mol. The van der Waals surface area contributed by atoms with Crippen LogP contribution < -0.4 is 0 Å². The molecule has 1 rings (SSSR count). The summed E-state index contributed by atoms with van der Waals surface area (Å²) < 4.78 is 0. The Morgan fingerprint density at radius 3 is 2.79 bits per heavy atom. The third-order valence-corrected chi connectivity index (χ3v) is 2.18. The van der Waals surface area contributed by atoms with E-state index in [1.807, 2.05) is 18.2 Å². The molecule has 0 radical (unpaired) electrons. The summed E-state index contributed by atoms with van der Waals surface area (Å²) in [6.07, 6.45) is 0.677. The largest absolute Gasteiger partial charge is 0.298 e. The molecule has 0 N–H and O–H groups in total. The van der Waals surface area contributed by atoms with Crippen LogP contribution in [-0.2, 0) is 11.2 Å². The van der Waals surface area contributed by atoms with Crippen LogP contribution in [0.5, 0.6) is 0 Å². The van der Waals surface area contributed by atoms with Gasteiger partial charge in [-0.05, 0) is 18.6 Å². The van der Waals surface area contributed by atoms with Crippen molar-refractivity contribution in [3.05, 3.63) is 34.9 Å². The van der Waals surface area contributed by atoms with Crippen molar-refractivity contribution in [1.82, 2.24) is 0 Å². The molecule has 72 valence electrons. The van der Waals surface area contributed by atoms with Crippen molar-refractivity contribution in [2.24, 2.45) is 0 Å². The van der Waals surface area contributed by atoms with E-state index in [4.69, 9.17) is 11.6 Å². The van der Waals surface area contributed by atoms with Crippen molar-refractivity contribution in [2.45, 2.75) is 19.8 Å². The fourth-order valence-electron chi connectivity index (χ4n) is 1.10. The molecule has 2 heteroatoms. The van der Waals surface area contributed by atoms with E-state index in [2.05, 4.69) is 11.8 Å². The SMILES string of the molecule is CC#CCC(=O)Cc1ccccc1Cl. The van der Waals surface area contributed by atoms with Crippen molar-refractivity contribution >= 4 is 17.4 Å². The highest BCUT2D eigenvalue weighted by Crippen LogP contribution is 2.15. The summed E-state index contributed by atoms with van der Waals surface area (Å²) in [5.41, 5.74) is 0.872. The van der Waals surface area contributed by atoms with E-state index in [-0.39, 0.29) is 5.78 Å². The van der Waals surface area contributed by atoms with Gasteiger partial charge in [-0.3, -0.25) is 4.79 Å². The molecule has 0 aromatic heterocycles. The molecule has 0 saturated heterocycles. The Morgan fingerprint density at radius 1 is 1.43 bits per heavy atom. The minimum absolute atomic E-state index is 0.104. The van der Waals surface area contributed by atoms with Crippen LogP contribution in [0.2, 0.25) is 5.02 Å². The second-order valence-electron chi connectivity index (χ2n) is 2.91. The molecule has 1 aromatic carbocycles. The molecule has 0 aliphatic carbocycles. The minimum atomic E-state index is 0.104. The molecule has 0 atom stereocenters. The molecular weight excluding hydrogens is 196 g/mol. The number of hydrogen-bond acceptors (Lipinski definition) is 1. The minimum Gasteiger partial charge on any atom is -0.298 e. The van der Waals surface area contributed by atoms with Crippen LogP contribution in [0, 0.1) is 11.8 Å². The Bertz CT molecular complexity index is 385. The van der Waals surface area contributed by atoms with E-state index >= 15 is 0 Å². The van der Waals surface area contributed by atoms with Gasteiger partial charge in [0.1, 0.15) is 5.78 Å². The number of hydrogen-bond donors (Lipinski definition) is 0. The van der Waals surface area contributed by atoms with Crippen LogP contribution >= 0.6 is 11.6 Å². The molecule has 0 aliphatic heterocycles. The molecule has 0 fully saturated rings. The molecular formula is C12H11ClO. The summed E-state index contributed by atoms with van der Waals surface area (Å²) in [6.45, 7) is 1.72. The maximum Gasteiger partial charge on any atom is 0.149 e. The Labute approximate surface area is 89.1 Å². The maximum atomic E-state index is 11.4. The Hall–Kier alpha value is -1.26. The van der Waals surface area contributed by atoms with Crippen molar-refractivity contribution in [3.63, 3.8) is 0 Å². The zero-order chi connectivity index (χ0) is 10.4. The summed E-state index contributed by atoms with van der Waals surface area (Å²) in [7, 11) is 0. The van der Waals surface area contributed by atoms with Gasteiger partial charge in [0, 0.05) is 11.4 Å². The molecule has 0 aliphatic rings. The third kappa shape index (κ3) is 3.24. The first kappa shape index (κ1) is 10.8. The number of ketones is 1. The number of carbonyl (C=O) groups is 1. The number of halogens is 1. The predicted octanol–water partition coefficient (Wildman–Crippen LogP) is 2.87. The van der Waals surface area contributed by atoms with Gasteiger partial charge in [0.05, 0.1) is 6.42 Å². The first-order valence-corrected chi connectivity index (χ1v) is 4.76. The van der Waals surface area contributed by atoms with Crippen LogP contribution in [0.1, 0.15) is 18.9 Å². The van der Waals surface area contributed by atoms with Crippen molar-refractivity contribution in [2.75, 3.05) is 0 Å². The summed E-state index contributed by atoms with van der Waals surface area (Å²) >= 11 is 5.91. The quantitative estimate of drug-likeness (QED) is 0.696. The predicted molar refractivity (Wildman–Crippen MR) is 58.2 cm³/mol. The van der Waals surface area contributed by atoms with E-state index in [1.165, 1.54) is 0 Å². The van der Waals surface area contributed by atoms with Crippen LogP contribution in [0.25, 0.3) is 0 Å². The molecule has 1 nitrogen and oxygen atoms in total. The van der Waals surface area contributed by atoms with Crippen molar-refractivity contribution < 1.29 is 4.79 Å². The Morgan fingerprint density at radius 2 is 2.14 bits per heavy atom. The van der Waals surface area contributed by atoms with Crippen molar-refractivity contribution in [1.29, 1.82) is 0 Å². The number of benzene rings is 1. The highest BCUT2D eigenvalue weighted by Gasteiger charge is 2.04. The van der Waals surface area contributed by atoms with Crippen LogP contribution in [0.4, 0.5) is 0 Å². The lowest BCUT2D eigenvalue weighted by Crippen LogP contribution is -2.01. The first-order valence-electron chi connectivity index (χ1n) is 4.38. The van der Waals surface area contributed by atoms with Gasteiger partial charge in [-0.15, -0.1) is 5.92 Å². The molecule has 14 heavy (non-hydrogen) atoms. The molecule has 0 saturated carbocycles. The van der Waals surface area contributed by atoms with Gasteiger partial charge < -0.3 is 0 Å².